The zero-order valence-corrected chi connectivity index (χ0v) is 14.6. The molecule has 1 atom stereocenters. The summed E-state index contributed by atoms with van der Waals surface area (Å²) in [6, 6.07) is 5.01. The van der Waals surface area contributed by atoms with Crippen LogP contribution in [0.3, 0.4) is 0 Å². The number of nitrogens with one attached hydrogen (secondary N) is 1. The van der Waals surface area contributed by atoms with Crippen LogP contribution in [0, 0.1) is 0 Å². The molecular weight excluding hydrogens is 316 g/mol. The van der Waals surface area contributed by atoms with Crippen molar-refractivity contribution in [2.75, 3.05) is 26.1 Å². The summed E-state index contributed by atoms with van der Waals surface area (Å²) in [5.41, 5.74) is 0.890. The van der Waals surface area contributed by atoms with Gasteiger partial charge in [-0.2, -0.15) is 16.1 Å². The van der Waals surface area contributed by atoms with Crippen LogP contribution in [0.2, 0.25) is 5.02 Å². The number of benzene rings is 1. The van der Waals surface area contributed by atoms with Gasteiger partial charge in [-0.25, -0.2) is 8.42 Å². The van der Waals surface area contributed by atoms with Gasteiger partial charge in [-0.3, -0.25) is 0 Å². The van der Waals surface area contributed by atoms with Gasteiger partial charge in [0.15, 0.2) is 0 Å². The van der Waals surface area contributed by atoms with Crippen molar-refractivity contribution in [2.45, 2.75) is 24.4 Å². The fraction of sp³-hybridized carbons (Fsp3) is 0.538. The highest BCUT2D eigenvalue weighted by Gasteiger charge is 2.27. The molecule has 1 aromatic carbocycles. The molecule has 1 rings (SSSR count). The molecule has 0 aliphatic carbocycles. The van der Waals surface area contributed by atoms with Crippen LogP contribution in [0.4, 0.5) is 0 Å². The third-order valence-corrected chi connectivity index (χ3v) is 6.33. The summed E-state index contributed by atoms with van der Waals surface area (Å²) < 4.78 is 26.7. The zero-order valence-electron chi connectivity index (χ0n) is 12.2. The summed E-state index contributed by atoms with van der Waals surface area (Å²) in [5.74, 6) is 0.740. The number of sulfonamides is 1. The predicted molar refractivity (Wildman–Crippen MR) is 87.0 cm³/mol. The first-order valence-corrected chi connectivity index (χ1v) is 9.45. The largest absolute Gasteiger partial charge is 0.316 e. The van der Waals surface area contributed by atoms with E-state index in [-0.39, 0.29) is 16.0 Å². The summed E-state index contributed by atoms with van der Waals surface area (Å²) in [6.45, 7) is 2.49. The van der Waals surface area contributed by atoms with Crippen molar-refractivity contribution in [3.63, 3.8) is 0 Å². The fourth-order valence-corrected chi connectivity index (χ4v) is 4.48. The second-order valence-corrected chi connectivity index (χ2v) is 7.90. The van der Waals surface area contributed by atoms with Gasteiger partial charge in [-0.15, -0.1) is 0 Å². The molecule has 0 fully saturated rings. The average molecular weight is 337 g/mol. The van der Waals surface area contributed by atoms with Crippen LogP contribution >= 0.6 is 23.4 Å². The lowest BCUT2D eigenvalue weighted by Gasteiger charge is -2.24. The maximum Gasteiger partial charge on any atom is 0.244 e. The lowest BCUT2D eigenvalue weighted by atomic mass is 10.2. The molecule has 114 valence electrons. The van der Waals surface area contributed by atoms with Crippen LogP contribution in [-0.2, 0) is 16.6 Å². The molecule has 0 radical (unpaired) electrons. The van der Waals surface area contributed by atoms with Crippen molar-refractivity contribution in [1.29, 1.82) is 0 Å². The monoisotopic (exact) mass is 336 g/mol. The van der Waals surface area contributed by atoms with Gasteiger partial charge < -0.3 is 5.32 Å². The Balaban J connectivity index is 3.17. The number of thioether (sulfide) groups is 1. The van der Waals surface area contributed by atoms with Gasteiger partial charge in [-0.05, 0) is 37.9 Å². The van der Waals surface area contributed by atoms with Crippen LogP contribution in [0.15, 0.2) is 23.1 Å². The molecule has 20 heavy (non-hydrogen) atoms. The highest BCUT2D eigenvalue weighted by Crippen LogP contribution is 2.26. The van der Waals surface area contributed by atoms with E-state index in [0.29, 0.717) is 6.54 Å². The lowest BCUT2D eigenvalue weighted by molar-refractivity contribution is 0.415. The average Bonchev–Trinajstić information content (AvgIpc) is 2.40. The zero-order chi connectivity index (χ0) is 15.3. The van der Waals surface area contributed by atoms with E-state index in [9.17, 15) is 8.42 Å². The Morgan fingerprint density at radius 2 is 2.10 bits per heavy atom. The van der Waals surface area contributed by atoms with Gasteiger partial charge in [-0.1, -0.05) is 17.7 Å². The second kappa shape index (κ2) is 7.66. The Hall–Kier alpha value is -0.270. The van der Waals surface area contributed by atoms with Crippen molar-refractivity contribution in [2.24, 2.45) is 0 Å². The van der Waals surface area contributed by atoms with Gasteiger partial charge in [0, 0.05) is 25.4 Å². The van der Waals surface area contributed by atoms with E-state index in [2.05, 4.69) is 5.32 Å². The smallest absolute Gasteiger partial charge is 0.244 e. The van der Waals surface area contributed by atoms with Gasteiger partial charge in [0.25, 0.3) is 0 Å². The second-order valence-electron chi connectivity index (χ2n) is 4.62. The van der Waals surface area contributed by atoms with E-state index >= 15 is 0 Å². The van der Waals surface area contributed by atoms with Crippen molar-refractivity contribution >= 4 is 33.4 Å². The Morgan fingerprint density at radius 1 is 1.45 bits per heavy atom. The number of hydrogen-bond acceptors (Lipinski definition) is 4. The molecule has 1 aromatic rings. The predicted octanol–water partition coefficient (Wildman–Crippen LogP) is 2.43. The van der Waals surface area contributed by atoms with Gasteiger partial charge in [0.2, 0.25) is 10.0 Å². The first kappa shape index (κ1) is 17.8. The minimum atomic E-state index is -3.57. The maximum absolute atomic E-state index is 12.6. The Morgan fingerprint density at radius 3 is 2.65 bits per heavy atom. The van der Waals surface area contributed by atoms with E-state index in [1.54, 1.807) is 30.9 Å². The highest BCUT2D eigenvalue weighted by atomic mass is 35.5. The number of rotatable bonds is 7. The Kier molecular flexibility index (Phi) is 6.81. The van der Waals surface area contributed by atoms with E-state index in [0.717, 1.165) is 11.3 Å². The molecule has 0 heterocycles. The molecule has 0 bridgehead atoms. The molecule has 1 N–H and O–H groups in total. The van der Waals surface area contributed by atoms with Crippen LogP contribution in [-0.4, -0.2) is 44.9 Å². The molecule has 1 unspecified atom stereocenters. The first-order chi connectivity index (χ1) is 9.34. The van der Waals surface area contributed by atoms with E-state index in [4.69, 9.17) is 11.6 Å². The van der Waals surface area contributed by atoms with E-state index < -0.39 is 10.0 Å². The summed E-state index contributed by atoms with van der Waals surface area (Å²) in [6.07, 6.45) is 1.96. The van der Waals surface area contributed by atoms with E-state index in [1.165, 1.54) is 4.31 Å². The molecule has 4 nitrogen and oxygen atoms in total. The highest BCUT2D eigenvalue weighted by molar-refractivity contribution is 7.98. The third kappa shape index (κ3) is 4.11. The van der Waals surface area contributed by atoms with Gasteiger partial charge in [0.1, 0.15) is 4.90 Å². The Labute approximate surface area is 130 Å². The van der Waals surface area contributed by atoms with Gasteiger partial charge in [0.05, 0.1) is 5.02 Å². The number of nitrogens with zero attached hydrogens (tertiary/aromatic N) is 1. The topological polar surface area (TPSA) is 49.4 Å². The van der Waals surface area contributed by atoms with E-state index in [1.807, 2.05) is 26.3 Å². The molecule has 7 heteroatoms. The quantitative estimate of drug-likeness (QED) is 0.830. The molecule has 0 spiro atoms. The third-order valence-electron chi connectivity index (χ3n) is 3.06. The van der Waals surface area contributed by atoms with Crippen LogP contribution < -0.4 is 5.32 Å². The van der Waals surface area contributed by atoms with Crippen molar-refractivity contribution in [3.05, 3.63) is 28.8 Å². The molecule has 0 aromatic heterocycles. The Bertz CT molecular complexity index is 549. The number of hydrogen-bond donors (Lipinski definition) is 1. The summed E-state index contributed by atoms with van der Waals surface area (Å²) >= 11 is 7.69. The number of halogens is 1. The SMILES string of the molecule is CNCc1ccc(Cl)c(S(=O)(=O)N(C)C(C)CSC)c1. The van der Waals surface area contributed by atoms with Crippen LogP contribution in [0.5, 0.6) is 0 Å². The molecule has 0 aliphatic rings. The standard InChI is InChI=1S/C13H21ClN2O2S2/c1-10(9-19-4)16(3)20(17,18)13-7-11(8-15-2)5-6-12(13)14/h5-7,10,15H,8-9H2,1-4H3. The van der Waals surface area contributed by atoms with Crippen molar-refractivity contribution in [3.8, 4) is 0 Å². The van der Waals surface area contributed by atoms with Gasteiger partial charge >= 0.3 is 0 Å². The lowest BCUT2D eigenvalue weighted by Crippen LogP contribution is -2.36. The molecule has 0 saturated carbocycles. The summed E-state index contributed by atoms with van der Waals surface area (Å²) in [5, 5.41) is 3.26. The molecular formula is C13H21ClN2O2S2. The molecule has 0 amide bonds. The van der Waals surface area contributed by atoms with Crippen LogP contribution in [0.25, 0.3) is 0 Å². The maximum atomic E-state index is 12.6. The minimum Gasteiger partial charge on any atom is -0.316 e. The normalized spacial score (nSPS) is 13.7. The fourth-order valence-electron chi connectivity index (χ4n) is 1.80. The molecule has 0 saturated heterocycles. The molecule has 0 aliphatic heterocycles. The van der Waals surface area contributed by atoms with Crippen molar-refractivity contribution < 1.29 is 8.42 Å². The summed E-state index contributed by atoms with van der Waals surface area (Å²) in [4.78, 5) is 0.169. The minimum absolute atomic E-state index is 0.0842. The van der Waals surface area contributed by atoms with Crippen LogP contribution in [0.1, 0.15) is 12.5 Å². The van der Waals surface area contributed by atoms with Crippen molar-refractivity contribution in [1.82, 2.24) is 9.62 Å². The first-order valence-electron chi connectivity index (χ1n) is 6.24. The summed E-state index contributed by atoms with van der Waals surface area (Å²) in [7, 11) is -0.162.